The van der Waals surface area contributed by atoms with Gasteiger partial charge in [-0.1, -0.05) is 12.1 Å². The summed E-state index contributed by atoms with van der Waals surface area (Å²) in [7, 11) is 2.84. The average molecular weight is 330 g/mol. The van der Waals surface area contributed by atoms with Gasteiger partial charge in [-0.2, -0.15) is 0 Å². The molecule has 2 aromatic rings. The van der Waals surface area contributed by atoms with Crippen LogP contribution >= 0.6 is 0 Å². The second-order valence-corrected chi connectivity index (χ2v) is 5.58. The molecule has 1 aliphatic rings. The zero-order valence-corrected chi connectivity index (χ0v) is 13.4. The molecule has 6 heteroatoms. The Morgan fingerprint density at radius 2 is 1.88 bits per heavy atom. The SMILES string of the molecule is COc1cc2c(c(O)c1OC)C(=O)[C@@H](Cc1ccc(O)cc1)CO2. The van der Waals surface area contributed by atoms with Gasteiger partial charge in [0.2, 0.25) is 5.75 Å². The molecule has 2 aromatic carbocycles. The van der Waals surface area contributed by atoms with Crippen LogP contribution in [-0.2, 0) is 6.42 Å². The number of hydrogen-bond acceptors (Lipinski definition) is 6. The van der Waals surface area contributed by atoms with Crippen molar-refractivity contribution in [3.05, 3.63) is 41.5 Å². The van der Waals surface area contributed by atoms with E-state index in [1.165, 1.54) is 14.2 Å². The Hall–Kier alpha value is -2.89. The lowest BCUT2D eigenvalue weighted by molar-refractivity contribution is 0.0824. The number of ketones is 1. The van der Waals surface area contributed by atoms with E-state index in [4.69, 9.17) is 14.2 Å². The molecule has 2 N–H and O–H groups in total. The predicted molar refractivity (Wildman–Crippen MR) is 86.3 cm³/mol. The number of methoxy groups -OCH3 is 2. The third-order valence-corrected chi connectivity index (χ3v) is 4.08. The van der Waals surface area contributed by atoms with Crippen LogP contribution in [0.4, 0.5) is 0 Å². The van der Waals surface area contributed by atoms with Crippen LogP contribution in [0.15, 0.2) is 30.3 Å². The van der Waals surface area contributed by atoms with Crippen molar-refractivity contribution in [1.82, 2.24) is 0 Å². The van der Waals surface area contributed by atoms with E-state index in [0.29, 0.717) is 12.2 Å². The maximum atomic E-state index is 12.8. The van der Waals surface area contributed by atoms with Gasteiger partial charge < -0.3 is 24.4 Å². The number of fused-ring (bicyclic) bond motifs is 1. The third kappa shape index (κ3) is 2.71. The number of hydrogen-bond donors (Lipinski definition) is 2. The molecule has 0 saturated heterocycles. The van der Waals surface area contributed by atoms with Crippen LogP contribution < -0.4 is 14.2 Å². The molecule has 126 valence electrons. The fourth-order valence-electron chi connectivity index (χ4n) is 2.84. The lowest BCUT2D eigenvalue weighted by Gasteiger charge is -2.26. The summed E-state index contributed by atoms with van der Waals surface area (Å²) in [6, 6.07) is 8.20. The normalized spacial score (nSPS) is 16.2. The maximum absolute atomic E-state index is 12.8. The van der Waals surface area contributed by atoms with Crippen molar-refractivity contribution in [3.63, 3.8) is 0 Å². The zero-order valence-electron chi connectivity index (χ0n) is 13.4. The topological polar surface area (TPSA) is 85.2 Å². The first-order chi connectivity index (χ1) is 11.5. The van der Waals surface area contributed by atoms with Gasteiger partial charge in [0, 0.05) is 6.07 Å². The highest BCUT2D eigenvalue weighted by Gasteiger charge is 2.34. The molecule has 24 heavy (non-hydrogen) atoms. The fraction of sp³-hybridized carbons (Fsp3) is 0.278. The van der Waals surface area contributed by atoms with Crippen molar-refractivity contribution in [2.24, 2.45) is 5.92 Å². The second kappa shape index (κ2) is 6.31. The van der Waals surface area contributed by atoms with Gasteiger partial charge in [-0.25, -0.2) is 0 Å². The Morgan fingerprint density at radius 3 is 2.50 bits per heavy atom. The number of phenolic OH excluding ortho intramolecular Hbond substituents is 2. The molecule has 0 aliphatic carbocycles. The van der Waals surface area contributed by atoms with Crippen molar-refractivity contribution in [1.29, 1.82) is 0 Å². The molecule has 0 saturated carbocycles. The number of ether oxygens (including phenoxy) is 3. The number of Topliss-reactive ketones (excluding diaryl/α,β-unsaturated/α-hetero) is 1. The molecule has 0 amide bonds. The molecule has 3 rings (SSSR count). The first kappa shape index (κ1) is 16.0. The average Bonchev–Trinajstić information content (AvgIpc) is 2.58. The smallest absolute Gasteiger partial charge is 0.204 e. The fourth-order valence-corrected chi connectivity index (χ4v) is 2.84. The highest BCUT2D eigenvalue weighted by molar-refractivity contribution is 6.05. The Bertz CT molecular complexity index is 766. The summed E-state index contributed by atoms with van der Waals surface area (Å²) in [6.45, 7) is 0.210. The van der Waals surface area contributed by atoms with E-state index < -0.39 is 5.92 Å². The quantitative estimate of drug-likeness (QED) is 0.896. The van der Waals surface area contributed by atoms with Crippen molar-refractivity contribution < 1.29 is 29.2 Å². The zero-order chi connectivity index (χ0) is 17.3. The molecular weight excluding hydrogens is 312 g/mol. The number of aromatic hydroxyl groups is 2. The van der Waals surface area contributed by atoms with Crippen LogP contribution in [0.25, 0.3) is 0 Å². The Labute approximate surface area is 139 Å². The number of benzene rings is 2. The van der Waals surface area contributed by atoms with Crippen LogP contribution in [0.3, 0.4) is 0 Å². The monoisotopic (exact) mass is 330 g/mol. The Morgan fingerprint density at radius 1 is 1.17 bits per heavy atom. The van der Waals surface area contributed by atoms with Crippen LogP contribution in [0.2, 0.25) is 0 Å². The Balaban J connectivity index is 1.93. The van der Waals surface area contributed by atoms with Crippen LogP contribution in [-0.4, -0.2) is 36.8 Å². The van der Waals surface area contributed by atoms with Gasteiger partial charge in [0.1, 0.15) is 17.1 Å². The summed E-state index contributed by atoms with van der Waals surface area (Å²) in [4.78, 5) is 12.8. The molecule has 6 nitrogen and oxygen atoms in total. The van der Waals surface area contributed by atoms with Crippen molar-refractivity contribution in [3.8, 4) is 28.7 Å². The molecule has 0 spiro atoms. The van der Waals surface area contributed by atoms with Gasteiger partial charge >= 0.3 is 0 Å². The third-order valence-electron chi connectivity index (χ3n) is 4.08. The summed E-state index contributed by atoms with van der Waals surface area (Å²) in [6.07, 6.45) is 0.451. The minimum atomic E-state index is -0.425. The first-order valence-electron chi connectivity index (χ1n) is 7.48. The van der Waals surface area contributed by atoms with E-state index in [1.807, 2.05) is 0 Å². The van der Waals surface area contributed by atoms with Crippen molar-refractivity contribution in [2.75, 3.05) is 20.8 Å². The van der Waals surface area contributed by atoms with E-state index >= 15 is 0 Å². The molecule has 0 radical (unpaired) electrons. The highest BCUT2D eigenvalue weighted by atomic mass is 16.5. The maximum Gasteiger partial charge on any atom is 0.204 e. The first-order valence-corrected chi connectivity index (χ1v) is 7.48. The minimum absolute atomic E-state index is 0.110. The van der Waals surface area contributed by atoms with E-state index in [1.54, 1.807) is 30.3 Å². The van der Waals surface area contributed by atoms with E-state index in [-0.39, 0.29) is 41.0 Å². The molecule has 0 unspecified atom stereocenters. The van der Waals surface area contributed by atoms with E-state index in [9.17, 15) is 15.0 Å². The molecule has 0 aromatic heterocycles. The summed E-state index contributed by atoms with van der Waals surface area (Å²) in [5.41, 5.74) is 1.01. The lowest BCUT2D eigenvalue weighted by Crippen LogP contribution is -2.29. The summed E-state index contributed by atoms with van der Waals surface area (Å²) in [5.74, 6) is -0.0278. The minimum Gasteiger partial charge on any atom is -0.508 e. The number of carbonyl (C=O) groups excluding carboxylic acids is 1. The molecular formula is C18H18O6. The van der Waals surface area contributed by atoms with Crippen LogP contribution in [0, 0.1) is 5.92 Å². The molecule has 0 bridgehead atoms. The Kier molecular flexibility index (Phi) is 4.20. The number of rotatable bonds is 4. The summed E-state index contributed by atoms with van der Waals surface area (Å²) >= 11 is 0. The van der Waals surface area contributed by atoms with Crippen molar-refractivity contribution >= 4 is 5.78 Å². The van der Waals surface area contributed by atoms with Gasteiger partial charge in [-0.3, -0.25) is 4.79 Å². The van der Waals surface area contributed by atoms with E-state index in [2.05, 4.69) is 0 Å². The van der Waals surface area contributed by atoms with Crippen molar-refractivity contribution in [2.45, 2.75) is 6.42 Å². The number of phenols is 2. The van der Waals surface area contributed by atoms with Gasteiger partial charge in [0.25, 0.3) is 0 Å². The highest BCUT2D eigenvalue weighted by Crippen LogP contribution is 2.47. The molecule has 1 aliphatic heterocycles. The van der Waals surface area contributed by atoms with Crippen LogP contribution in [0.1, 0.15) is 15.9 Å². The number of carbonyl (C=O) groups is 1. The van der Waals surface area contributed by atoms with Gasteiger partial charge in [-0.15, -0.1) is 0 Å². The lowest BCUT2D eigenvalue weighted by atomic mass is 9.89. The van der Waals surface area contributed by atoms with Gasteiger partial charge in [0.15, 0.2) is 17.3 Å². The van der Waals surface area contributed by atoms with Gasteiger partial charge in [-0.05, 0) is 24.1 Å². The molecule has 1 atom stereocenters. The molecule has 1 heterocycles. The predicted octanol–water partition coefficient (Wildman–Crippen LogP) is 2.55. The standard InChI is InChI=1S/C18H18O6/c1-22-14-8-13-15(17(21)18(14)23-2)16(20)11(9-24-13)7-10-3-5-12(19)6-4-10/h3-6,8,11,19,21H,7,9H2,1-2H3/t11-/m0/s1. The summed E-state index contributed by atoms with van der Waals surface area (Å²) in [5, 5.41) is 19.7. The second-order valence-electron chi connectivity index (χ2n) is 5.58. The van der Waals surface area contributed by atoms with Crippen LogP contribution in [0.5, 0.6) is 28.7 Å². The summed E-state index contributed by atoms with van der Waals surface area (Å²) < 4.78 is 15.9. The molecule has 0 fully saturated rings. The largest absolute Gasteiger partial charge is 0.508 e. The van der Waals surface area contributed by atoms with Gasteiger partial charge in [0.05, 0.1) is 26.7 Å². The van der Waals surface area contributed by atoms with E-state index in [0.717, 1.165) is 5.56 Å².